The molecule has 4 heteroatoms. The van der Waals surface area contributed by atoms with Crippen LogP contribution in [0.3, 0.4) is 0 Å². The van der Waals surface area contributed by atoms with Crippen LogP contribution in [-0.4, -0.2) is 30.4 Å². The van der Waals surface area contributed by atoms with Gasteiger partial charge in [-0.3, -0.25) is 4.84 Å². The number of hydrogen-bond acceptors (Lipinski definition) is 3. The Morgan fingerprint density at radius 1 is 1.75 bits per heavy atom. The van der Waals surface area contributed by atoms with Crippen molar-refractivity contribution in [2.75, 3.05) is 13.2 Å². The van der Waals surface area contributed by atoms with Crippen LogP contribution in [0.15, 0.2) is 0 Å². The third-order valence-corrected chi connectivity index (χ3v) is 1.84. The average Bonchev–Trinajstić information content (AvgIpc) is 2.05. The summed E-state index contributed by atoms with van der Waals surface area (Å²) in [5, 5.41) is 1.33. The number of hydroxylamine groups is 2. The van der Waals surface area contributed by atoms with Crippen molar-refractivity contribution < 1.29 is 14.4 Å². The molecule has 1 amide bonds. The van der Waals surface area contributed by atoms with Crippen molar-refractivity contribution >= 4 is 6.09 Å². The van der Waals surface area contributed by atoms with E-state index in [-0.39, 0.29) is 12.1 Å². The third kappa shape index (κ3) is 2.11. The predicted molar refractivity (Wildman–Crippen MR) is 43.5 cm³/mol. The summed E-state index contributed by atoms with van der Waals surface area (Å²) >= 11 is 0. The first-order chi connectivity index (χ1) is 5.75. The molecule has 0 unspecified atom stereocenters. The lowest BCUT2D eigenvalue weighted by molar-refractivity contribution is -0.181. The number of carbonyl (C=O) groups is 1. The first-order valence-corrected chi connectivity index (χ1v) is 4.34. The van der Waals surface area contributed by atoms with Crippen molar-refractivity contribution in [1.29, 1.82) is 0 Å². The van der Waals surface area contributed by atoms with Gasteiger partial charge in [0.2, 0.25) is 0 Å². The van der Waals surface area contributed by atoms with Gasteiger partial charge in [-0.15, -0.1) is 0 Å². The molecule has 1 heterocycles. The number of nitrogens with zero attached hydrogens (tertiary/aromatic N) is 1. The molecule has 1 atom stereocenters. The molecule has 1 rings (SSSR count). The largest absolute Gasteiger partial charge is 0.448 e. The fourth-order valence-electron chi connectivity index (χ4n) is 1.21. The van der Waals surface area contributed by atoms with Gasteiger partial charge in [0.1, 0.15) is 0 Å². The van der Waals surface area contributed by atoms with Crippen molar-refractivity contribution in [3.63, 3.8) is 0 Å². The third-order valence-electron chi connectivity index (χ3n) is 1.84. The Hall–Kier alpha value is -0.770. The molecule has 1 aliphatic heterocycles. The van der Waals surface area contributed by atoms with Crippen LogP contribution in [0.1, 0.15) is 26.7 Å². The van der Waals surface area contributed by atoms with Gasteiger partial charge >= 0.3 is 6.09 Å². The average molecular weight is 173 g/mol. The monoisotopic (exact) mass is 173 g/mol. The van der Waals surface area contributed by atoms with E-state index in [1.807, 2.05) is 6.92 Å². The summed E-state index contributed by atoms with van der Waals surface area (Å²) in [6.45, 7) is 4.75. The van der Waals surface area contributed by atoms with Crippen LogP contribution in [0.2, 0.25) is 0 Å². The normalized spacial score (nSPS) is 23.8. The Balaban J connectivity index is 2.42. The zero-order valence-electron chi connectivity index (χ0n) is 7.58. The van der Waals surface area contributed by atoms with Crippen LogP contribution in [0.4, 0.5) is 4.79 Å². The number of ether oxygens (including phenoxy) is 1. The lowest BCUT2D eigenvalue weighted by Gasteiger charge is -2.30. The summed E-state index contributed by atoms with van der Waals surface area (Å²) in [5.74, 6) is 0. The molecule has 70 valence electrons. The molecule has 0 aromatic carbocycles. The van der Waals surface area contributed by atoms with Crippen molar-refractivity contribution in [3.8, 4) is 0 Å². The van der Waals surface area contributed by atoms with E-state index in [0.717, 1.165) is 12.8 Å². The smallest absolute Gasteiger partial charge is 0.434 e. The standard InChI is InChI=1S/C8H15NO3/c1-3-11-8(10)9-7(2)5-4-6-12-9/h7H,3-6H2,1-2H3/t7-/m0/s1. The highest BCUT2D eigenvalue weighted by atomic mass is 16.7. The molecular formula is C8H15NO3. The highest BCUT2D eigenvalue weighted by molar-refractivity contribution is 5.66. The fourth-order valence-corrected chi connectivity index (χ4v) is 1.21. The Morgan fingerprint density at radius 2 is 2.50 bits per heavy atom. The van der Waals surface area contributed by atoms with Crippen molar-refractivity contribution in [2.45, 2.75) is 32.7 Å². The van der Waals surface area contributed by atoms with Crippen LogP contribution < -0.4 is 0 Å². The zero-order valence-corrected chi connectivity index (χ0v) is 7.58. The highest BCUT2D eigenvalue weighted by Gasteiger charge is 2.25. The van der Waals surface area contributed by atoms with Gasteiger partial charge in [0.25, 0.3) is 0 Å². The second-order valence-electron chi connectivity index (χ2n) is 2.85. The molecule has 1 aliphatic rings. The van der Waals surface area contributed by atoms with Crippen molar-refractivity contribution in [3.05, 3.63) is 0 Å². The highest BCUT2D eigenvalue weighted by Crippen LogP contribution is 2.14. The first kappa shape index (κ1) is 9.32. The molecule has 0 N–H and O–H groups in total. The molecule has 0 aliphatic carbocycles. The number of hydrogen-bond donors (Lipinski definition) is 0. The van der Waals surface area contributed by atoms with E-state index >= 15 is 0 Å². The lowest BCUT2D eigenvalue weighted by Crippen LogP contribution is -2.42. The van der Waals surface area contributed by atoms with E-state index in [1.54, 1.807) is 6.92 Å². The van der Waals surface area contributed by atoms with Crippen LogP contribution in [0, 0.1) is 0 Å². The van der Waals surface area contributed by atoms with Gasteiger partial charge in [0, 0.05) is 0 Å². The van der Waals surface area contributed by atoms with E-state index in [1.165, 1.54) is 5.06 Å². The number of amides is 1. The van der Waals surface area contributed by atoms with Gasteiger partial charge in [-0.2, -0.15) is 5.06 Å². The first-order valence-electron chi connectivity index (χ1n) is 4.34. The molecule has 0 spiro atoms. The Morgan fingerprint density at radius 3 is 3.08 bits per heavy atom. The Labute approximate surface area is 72.4 Å². The van der Waals surface area contributed by atoms with E-state index in [0.29, 0.717) is 13.2 Å². The molecule has 4 nitrogen and oxygen atoms in total. The topological polar surface area (TPSA) is 38.8 Å². The van der Waals surface area contributed by atoms with Crippen LogP contribution in [-0.2, 0) is 9.57 Å². The van der Waals surface area contributed by atoms with Gasteiger partial charge in [-0.1, -0.05) is 0 Å². The van der Waals surface area contributed by atoms with Crippen LogP contribution >= 0.6 is 0 Å². The Bertz CT molecular complexity index is 160. The molecule has 0 radical (unpaired) electrons. The minimum Gasteiger partial charge on any atom is -0.448 e. The molecule has 1 saturated heterocycles. The Kier molecular flexibility index (Phi) is 3.34. The fraction of sp³-hybridized carbons (Fsp3) is 0.875. The summed E-state index contributed by atoms with van der Waals surface area (Å²) in [4.78, 5) is 16.4. The van der Waals surface area contributed by atoms with Crippen LogP contribution in [0.5, 0.6) is 0 Å². The van der Waals surface area contributed by atoms with E-state index in [2.05, 4.69) is 0 Å². The maximum atomic E-state index is 11.2. The van der Waals surface area contributed by atoms with E-state index < -0.39 is 0 Å². The van der Waals surface area contributed by atoms with E-state index in [9.17, 15) is 4.79 Å². The van der Waals surface area contributed by atoms with Crippen molar-refractivity contribution in [2.24, 2.45) is 0 Å². The molecule has 1 fully saturated rings. The maximum absolute atomic E-state index is 11.2. The minimum atomic E-state index is -0.371. The summed E-state index contributed by atoms with van der Waals surface area (Å²) < 4.78 is 4.81. The minimum absolute atomic E-state index is 0.137. The van der Waals surface area contributed by atoms with Gasteiger partial charge in [0.15, 0.2) is 0 Å². The molecule has 0 aromatic heterocycles. The van der Waals surface area contributed by atoms with Gasteiger partial charge in [-0.05, 0) is 26.7 Å². The summed E-state index contributed by atoms with van der Waals surface area (Å²) in [6, 6.07) is 0.137. The maximum Gasteiger partial charge on any atom is 0.434 e. The molecule has 0 bridgehead atoms. The number of rotatable bonds is 1. The summed E-state index contributed by atoms with van der Waals surface area (Å²) in [6.07, 6.45) is 1.63. The second kappa shape index (κ2) is 4.30. The van der Waals surface area contributed by atoms with E-state index in [4.69, 9.17) is 9.57 Å². The number of carbonyl (C=O) groups excluding carboxylic acids is 1. The lowest BCUT2D eigenvalue weighted by atomic mass is 10.2. The molecular weight excluding hydrogens is 158 g/mol. The van der Waals surface area contributed by atoms with Crippen LogP contribution in [0.25, 0.3) is 0 Å². The molecule has 0 aromatic rings. The SMILES string of the molecule is CCOC(=O)N1OCCC[C@@H]1C. The molecule has 12 heavy (non-hydrogen) atoms. The summed E-state index contributed by atoms with van der Waals surface area (Å²) in [5.41, 5.74) is 0. The van der Waals surface area contributed by atoms with Gasteiger partial charge in [0.05, 0.1) is 19.3 Å². The summed E-state index contributed by atoms with van der Waals surface area (Å²) in [7, 11) is 0. The van der Waals surface area contributed by atoms with Gasteiger partial charge < -0.3 is 4.74 Å². The molecule has 0 saturated carbocycles. The zero-order chi connectivity index (χ0) is 8.97. The predicted octanol–water partition coefficient (Wildman–Crippen LogP) is 1.56. The second-order valence-corrected chi connectivity index (χ2v) is 2.85. The quantitative estimate of drug-likeness (QED) is 0.604. The van der Waals surface area contributed by atoms with Gasteiger partial charge in [-0.25, -0.2) is 4.79 Å². The van der Waals surface area contributed by atoms with Crippen molar-refractivity contribution in [1.82, 2.24) is 5.06 Å².